The van der Waals surface area contributed by atoms with Crippen LogP contribution in [0, 0.1) is 0 Å². The summed E-state index contributed by atoms with van der Waals surface area (Å²) in [6, 6.07) is 1.35. The number of hydrogen-bond acceptors (Lipinski definition) is 6. The summed E-state index contributed by atoms with van der Waals surface area (Å²) < 4.78 is 36.0. The van der Waals surface area contributed by atoms with Gasteiger partial charge in [0.15, 0.2) is 0 Å². The fourth-order valence-corrected chi connectivity index (χ4v) is 2.96. The summed E-state index contributed by atoms with van der Waals surface area (Å²) in [7, 11) is -3.72. The first-order valence-electron chi connectivity index (χ1n) is 6.94. The Balaban J connectivity index is 2.07. The number of hydrazine groups is 1. The predicted octanol–water partition coefficient (Wildman–Crippen LogP) is 0.797. The molecule has 2 rings (SSSR count). The number of nitrogens with zero attached hydrogens (tertiary/aromatic N) is 2. The van der Waals surface area contributed by atoms with Crippen molar-refractivity contribution in [3.05, 3.63) is 18.5 Å². The second kappa shape index (κ2) is 6.37. The van der Waals surface area contributed by atoms with E-state index in [1.165, 1.54) is 18.5 Å². The molecule has 0 aliphatic carbocycles. The molecule has 8 nitrogen and oxygen atoms in total. The molecular formula is C13H21N3O5S. The van der Waals surface area contributed by atoms with Gasteiger partial charge in [-0.15, -0.1) is 4.83 Å². The average molecular weight is 331 g/mol. The highest BCUT2D eigenvalue weighted by Crippen LogP contribution is 2.13. The largest absolute Gasteiger partial charge is 0.443 e. The summed E-state index contributed by atoms with van der Waals surface area (Å²) in [6.07, 6.45) is 1.97. The normalized spacial score (nSPS) is 17.4. The summed E-state index contributed by atoms with van der Waals surface area (Å²) >= 11 is 0. The van der Waals surface area contributed by atoms with Crippen molar-refractivity contribution in [2.24, 2.45) is 0 Å². The fraction of sp³-hybridized carbons (Fsp3) is 0.615. The van der Waals surface area contributed by atoms with Crippen LogP contribution in [0.1, 0.15) is 20.8 Å². The molecule has 0 radical (unpaired) electrons. The number of morpholine rings is 1. The van der Waals surface area contributed by atoms with E-state index in [1.54, 1.807) is 25.8 Å². The molecule has 0 spiro atoms. The van der Waals surface area contributed by atoms with Crippen LogP contribution in [0.5, 0.6) is 0 Å². The summed E-state index contributed by atoms with van der Waals surface area (Å²) in [5.41, 5.74) is -0.646. The monoisotopic (exact) mass is 331 g/mol. The quantitative estimate of drug-likeness (QED) is 0.881. The maximum Gasteiger partial charge on any atom is 0.418 e. The Kier molecular flexibility index (Phi) is 4.90. The highest BCUT2D eigenvalue weighted by atomic mass is 32.2. The standard InChI is InChI=1S/C13H21N3O5S/c1-13(2,3)21-12(17)15-5-4-11(10-15)22(18,19)14-16-6-8-20-9-7-16/h4-5,10,14H,6-9H2,1-3H3. The van der Waals surface area contributed by atoms with E-state index in [1.807, 2.05) is 0 Å². The summed E-state index contributed by atoms with van der Waals surface area (Å²) in [6.45, 7) is 7.13. The van der Waals surface area contributed by atoms with Crippen molar-refractivity contribution in [1.29, 1.82) is 0 Å². The number of ether oxygens (including phenoxy) is 2. The van der Waals surface area contributed by atoms with Crippen LogP contribution in [0.25, 0.3) is 0 Å². The molecule has 1 aromatic rings. The molecule has 9 heteroatoms. The lowest BCUT2D eigenvalue weighted by atomic mass is 10.2. The van der Waals surface area contributed by atoms with Crippen molar-refractivity contribution < 1.29 is 22.7 Å². The minimum atomic E-state index is -3.72. The number of hydrogen-bond donors (Lipinski definition) is 1. The molecule has 0 unspecified atom stereocenters. The van der Waals surface area contributed by atoms with Crippen LogP contribution in [0.3, 0.4) is 0 Å². The van der Waals surface area contributed by atoms with Gasteiger partial charge in [-0.05, 0) is 26.8 Å². The highest BCUT2D eigenvalue weighted by molar-refractivity contribution is 7.89. The second-order valence-electron chi connectivity index (χ2n) is 5.93. The second-order valence-corrected chi connectivity index (χ2v) is 7.59. The number of carbonyl (C=O) groups is 1. The highest BCUT2D eigenvalue weighted by Gasteiger charge is 2.23. The van der Waals surface area contributed by atoms with Crippen molar-refractivity contribution in [1.82, 2.24) is 14.4 Å². The first kappa shape index (κ1) is 16.9. The molecule has 1 aliphatic heterocycles. The van der Waals surface area contributed by atoms with Crippen LogP contribution in [-0.2, 0) is 19.5 Å². The molecule has 0 aromatic carbocycles. The maximum absolute atomic E-state index is 12.3. The van der Waals surface area contributed by atoms with Gasteiger partial charge in [0.1, 0.15) is 10.5 Å². The van der Waals surface area contributed by atoms with Gasteiger partial charge in [-0.2, -0.15) is 0 Å². The van der Waals surface area contributed by atoms with Crippen molar-refractivity contribution >= 4 is 16.1 Å². The zero-order valence-corrected chi connectivity index (χ0v) is 13.7. The third-order valence-electron chi connectivity index (χ3n) is 2.84. The van der Waals surface area contributed by atoms with Gasteiger partial charge in [-0.1, -0.05) is 0 Å². The number of sulfonamides is 1. The fourth-order valence-electron chi connectivity index (χ4n) is 1.84. The predicted molar refractivity (Wildman–Crippen MR) is 78.8 cm³/mol. The van der Waals surface area contributed by atoms with Crippen LogP contribution >= 0.6 is 0 Å². The van der Waals surface area contributed by atoms with Crippen LogP contribution in [-0.4, -0.2) is 56.0 Å². The SMILES string of the molecule is CC(C)(C)OC(=O)n1ccc(S(=O)(=O)NN2CCOCC2)c1. The van der Waals surface area contributed by atoms with Crippen molar-refractivity contribution in [2.75, 3.05) is 26.3 Å². The van der Waals surface area contributed by atoms with Crippen LogP contribution in [0.15, 0.2) is 23.4 Å². The Morgan fingerprint density at radius 3 is 2.55 bits per heavy atom. The lowest BCUT2D eigenvalue weighted by Gasteiger charge is -2.26. The molecule has 1 fully saturated rings. The Morgan fingerprint density at radius 2 is 1.95 bits per heavy atom. The molecule has 0 atom stereocenters. The van der Waals surface area contributed by atoms with Crippen LogP contribution in [0.4, 0.5) is 4.79 Å². The third-order valence-corrected chi connectivity index (χ3v) is 4.20. The van der Waals surface area contributed by atoms with E-state index in [4.69, 9.17) is 9.47 Å². The van der Waals surface area contributed by atoms with E-state index in [2.05, 4.69) is 4.83 Å². The zero-order chi connectivity index (χ0) is 16.4. The summed E-state index contributed by atoms with van der Waals surface area (Å²) in [5.74, 6) is 0. The van der Waals surface area contributed by atoms with Gasteiger partial charge in [-0.3, -0.25) is 4.57 Å². The third kappa shape index (κ3) is 4.54. The van der Waals surface area contributed by atoms with E-state index >= 15 is 0 Å². The molecule has 2 heterocycles. The molecule has 1 N–H and O–H groups in total. The minimum absolute atomic E-state index is 0.00449. The van der Waals surface area contributed by atoms with Gasteiger partial charge in [-0.25, -0.2) is 18.2 Å². The van der Waals surface area contributed by atoms with Gasteiger partial charge < -0.3 is 9.47 Å². The maximum atomic E-state index is 12.3. The molecule has 0 amide bonds. The smallest absolute Gasteiger partial charge is 0.418 e. The van der Waals surface area contributed by atoms with E-state index in [-0.39, 0.29) is 4.90 Å². The van der Waals surface area contributed by atoms with Crippen molar-refractivity contribution in [3.63, 3.8) is 0 Å². The Hall–Kier alpha value is -1.42. The topological polar surface area (TPSA) is 89.9 Å². The van der Waals surface area contributed by atoms with Crippen LogP contribution < -0.4 is 4.83 Å². The molecule has 0 bridgehead atoms. The first-order chi connectivity index (χ1) is 10.2. The number of aromatic nitrogens is 1. The number of rotatable bonds is 3. The molecular weight excluding hydrogens is 310 g/mol. The number of nitrogens with one attached hydrogen (secondary N) is 1. The molecule has 1 aliphatic rings. The van der Waals surface area contributed by atoms with Gasteiger partial charge in [0, 0.05) is 25.5 Å². The Bertz CT molecular complexity index is 626. The zero-order valence-electron chi connectivity index (χ0n) is 12.9. The van der Waals surface area contributed by atoms with E-state index in [0.29, 0.717) is 26.3 Å². The van der Waals surface area contributed by atoms with Gasteiger partial charge in [0.05, 0.1) is 13.2 Å². The molecule has 22 heavy (non-hydrogen) atoms. The van der Waals surface area contributed by atoms with E-state index in [0.717, 1.165) is 4.57 Å². The molecule has 1 aromatic heterocycles. The van der Waals surface area contributed by atoms with E-state index < -0.39 is 21.7 Å². The average Bonchev–Trinajstić information content (AvgIpc) is 2.87. The summed E-state index contributed by atoms with van der Waals surface area (Å²) in [5, 5.41) is 1.57. The molecule has 0 saturated carbocycles. The van der Waals surface area contributed by atoms with Gasteiger partial charge in [0.2, 0.25) is 0 Å². The van der Waals surface area contributed by atoms with Crippen molar-refractivity contribution in [2.45, 2.75) is 31.3 Å². The van der Waals surface area contributed by atoms with Gasteiger partial charge >= 0.3 is 6.09 Å². The Morgan fingerprint density at radius 1 is 1.32 bits per heavy atom. The van der Waals surface area contributed by atoms with Gasteiger partial charge in [0.25, 0.3) is 10.0 Å². The van der Waals surface area contributed by atoms with E-state index in [9.17, 15) is 13.2 Å². The molecule has 1 saturated heterocycles. The van der Waals surface area contributed by atoms with Crippen LogP contribution in [0.2, 0.25) is 0 Å². The lowest BCUT2D eigenvalue weighted by molar-refractivity contribution is 0.0272. The molecule has 124 valence electrons. The minimum Gasteiger partial charge on any atom is -0.443 e. The lowest BCUT2D eigenvalue weighted by Crippen LogP contribution is -2.48. The number of carbonyl (C=O) groups excluding carboxylic acids is 1. The summed E-state index contributed by atoms with van der Waals surface area (Å²) in [4.78, 5) is 14.4. The first-order valence-corrected chi connectivity index (χ1v) is 8.42. The van der Waals surface area contributed by atoms with Crippen molar-refractivity contribution in [3.8, 4) is 0 Å². The Labute approximate surface area is 130 Å².